The van der Waals surface area contributed by atoms with Gasteiger partial charge in [-0.25, -0.2) is 0 Å². The summed E-state index contributed by atoms with van der Waals surface area (Å²) in [5.41, 5.74) is 1.87. The van der Waals surface area contributed by atoms with E-state index in [1.54, 1.807) is 0 Å². The van der Waals surface area contributed by atoms with Gasteiger partial charge in [0.15, 0.2) is 0 Å². The zero-order chi connectivity index (χ0) is 12.7. The Morgan fingerprint density at radius 3 is 2.65 bits per heavy atom. The van der Waals surface area contributed by atoms with E-state index in [0.717, 1.165) is 24.2 Å². The number of benzene rings is 1. The molecule has 0 fully saturated rings. The molecule has 0 aliphatic rings. The number of hydrogen-bond donors (Lipinski definition) is 1. The van der Waals surface area contributed by atoms with E-state index in [4.69, 9.17) is 11.6 Å². The fourth-order valence-electron chi connectivity index (χ4n) is 1.56. The molecule has 0 radical (unpaired) electrons. The van der Waals surface area contributed by atoms with Crippen LogP contribution in [-0.2, 0) is 4.79 Å². The van der Waals surface area contributed by atoms with E-state index in [1.165, 1.54) is 0 Å². The van der Waals surface area contributed by atoms with Crippen molar-refractivity contribution in [1.82, 2.24) is 0 Å². The van der Waals surface area contributed by atoms with E-state index in [1.807, 2.05) is 43.3 Å². The van der Waals surface area contributed by atoms with Crippen molar-refractivity contribution >= 4 is 28.9 Å². The van der Waals surface area contributed by atoms with Crippen LogP contribution in [0.15, 0.2) is 24.3 Å². The van der Waals surface area contributed by atoms with E-state index in [9.17, 15) is 4.79 Å². The Kier molecular flexibility index (Phi) is 5.84. The molecule has 1 aromatic carbocycles. The van der Waals surface area contributed by atoms with E-state index in [-0.39, 0.29) is 5.91 Å². The molecule has 17 heavy (non-hydrogen) atoms. The highest BCUT2D eigenvalue weighted by Crippen LogP contribution is 2.23. The van der Waals surface area contributed by atoms with Crippen molar-refractivity contribution < 1.29 is 4.79 Å². The zero-order valence-corrected chi connectivity index (χ0v) is 11.1. The molecule has 0 aromatic heterocycles. The molecule has 0 aliphatic carbocycles. The van der Waals surface area contributed by atoms with Gasteiger partial charge in [0.25, 0.3) is 0 Å². The molecule has 0 unspecified atom stereocenters. The van der Waals surface area contributed by atoms with Crippen LogP contribution in [-0.4, -0.2) is 25.9 Å². The minimum atomic E-state index is 0.0458. The normalized spacial score (nSPS) is 10.1. The highest BCUT2D eigenvalue weighted by molar-refractivity contribution is 6.17. The van der Waals surface area contributed by atoms with Gasteiger partial charge in [-0.2, -0.15) is 0 Å². The molecule has 0 spiro atoms. The Labute approximate surface area is 108 Å². The first-order valence-corrected chi connectivity index (χ1v) is 6.30. The third-order valence-corrected chi connectivity index (χ3v) is 2.71. The van der Waals surface area contributed by atoms with Crippen LogP contribution in [0.5, 0.6) is 0 Å². The number of unbranched alkanes of at least 4 members (excludes halogenated alkanes) is 1. The number of alkyl halides is 1. The van der Waals surface area contributed by atoms with Crippen molar-refractivity contribution in [2.24, 2.45) is 0 Å². The lowest BCUT2D eigenvalue weighted by molar-refractivity contribution is -0.116. The van der Waals surface area contributed by atoms with E-state index in [0.29, 0.717) is 12.3 Å². The molecule has 1 aromatic rings. The summed E-state index contributed by atoms with van der Waals surface area (Å²) in [6.07, 6.45) is 2.23. The van der Waals surface area contributed by atoms with Gasteiger partial charge in [0, 0.05) is 26.4 Å². The topological polar surface area (TPSA) is 32.3 Å². The molecule has 94 valence electrons. The van der Waals surface area contributed by atoms with Gasteiger partial charge in [-0.05, 0) is 25.0 Å². The summed E-state index contributed by atoms with van der Waals surface area (Å²) in [6.45, 7) is 0. The zero-order valence-electron chi connectivity index (χ0n) is 10.4. The van der Waals surface area contributed by atoms with Gasteiger partial charge in [-0.3, -0.25) is 4.79 Å². The number of carbonyl (C=O) groups is 1. The van der Waals surface area contributed by atoms with E-state index >= 15 is 0 Å². The third kappa shape index (κ3) is 4.65. The van der Waals surface area contributed by atoms with Crippen LogP contribution in [0.2, 0.25) is 0 Å². The van der Waals surface area contributed by atoms with Crippen LogP contribution < -0.4 is 10.2 Å². The Morgan fingerprint density at radius 1 is 1.29 bits per heavy atom. The van der Waals surface area contributed by atoms with E-state index < -0.39 is 0 Å². The number of carbonyl (C=O) groups excluding carboxylic acids is 1. The van der Waals surface area contributed by atoms with Crippen LogP contribution in [0, 0.1) is 0 Å². The molecule has 4 heteroatoms. The first-order valence-electron chi connectivity index (χ1n) is 5.77. The minimum Gasteiger partial charge on any atom is -0.376 e. The molecule has 1 amide bonds. The number of nitrogens with one attached hydrogen (secondary N) is 1. The molecule has 0 aliphatic heterocycles. The maximum absolute atomic E-state index is 11.7. The second-order valence-electron chi connectivity index (χ2n) is 4.11. The fourth-order valence-corrected chi connectivity index (χ4v) is 1.75. The van der Waals surface area contributed by atoms with Gasteiger partial charge in [0.1, 0.15) is 0 Å². The summed E-state index contributed by atoms with van der Waals surface area (Å²) in [4.78, 5) is 13.7. The molecule has 1 N–H and O–H groups in total. The molecular weight excluding hydrogens is 236 g/mol. The first kappa shape index (κ1) is 13.8. The van der Waals surface area contributed by atoms with Gasteiger partial charge in [0.2, 0.25) is 5.91 Å². The van der Waals surface area contributed by atoms with Crippen LogP contribution in [0.4, 0.5) is 11.4 Å². The summed E-state index contributed by atoms with van der Waals surface area (Å²) in [7, 11) is 3.91. The second-order valence-corrected chi connectivity index (χ2v) is 4.48. The number of amides is 1. The van der Waals surface area contributed by atoms with Crippen LogP contribution in [0.3, 0.4) is 0 Å². The number of hydrogen-bond acceptors (Lipinski definition) is 2. The fraction of sp³-hybridized carbons (Fsp3) is 0.462. The van der Waals surface area contributed by atoms with Crippen LogP contribution in [0.25, 0.3) is 0 Å². The monoisotopic (exact) mass is 254 g/mol. The number of nitrogens with zero attached hydrogens (tertiary/aromatic N) is 1. The number of halogens is 1. The number of rotatable bonds is 6. The molecule has 0 atom stereocenters. The highest BCUT2D eigenvalue weighted by atomic mass is 35.5. The molecule has 0 heterocycles. The first-order chi connectivity index (χ1) is 8.15. The summed E-state index contributed by atoms with van der Waals surface area (Å²) in [6, 6.07) is 7.77. The van der Waals surface area contributed by atoms with Crippen LogP contribution in [0.1, 0.15) is 19.3 Å². The smallest absolute Gasteiger partial charge is 0.224 e. The maximum atomic E-state index is 11.7. The van der Waals surface area contributed by atoms with E-state index in [2.05, 4.69) is 5.32 Å². The van der Waals surface area contributed by atoms with Gasteiger partial charge in [-0.15, -0.1) is 11.6 Å². The Hall–Kier alpha value is -1.22. The molecule has 0 saturated heterocycles. The lowest BCUT2D eigenvalue weighted by Gasteiger charge is -2.17. The quantitative estimate of drug-likeness (QED) is 0.625. The molecular formula is C13H19ClN2O. The molecule has 3 nitrogen and oxygen atoms in total. The van der Waals surface area contributed by atoms with Crippen molar-refractivity contribution in [1.29, 1.82) is 0 Å². The summed E-state index contributed by atoms with van der Waals surface area (Å²) in [5, 5.41) is 2.93. The maximum Gasteiger partial charge on any atom is 0.224 e. The lowest BCUT2D eigenvalue weighted by Crippen LogP contribution is -2.16. The van der Waals surface area contributed by atoms with Crippen molar-refractivity contribution in [2.45, 2.75) is 19.3 Å². The molecule has 0 saturated carbocycles. The molecule has 0 bridgehead atoms. The van der Waals surface area contributed by atoms with Crippen molar-refractivity contribution in [3.05, 3.63) is 24.3 Å². The summed E-state index contributed by atoms with van der Waals surface area (Å²) in [5.74, 6) is 0.658. The average Bonchev–Trinajstić information content (AvgIpc) is 2.29. The third-order valence-electron chi connectivity index (χ3n) is 2.45. The van der Waals surface area contributed by atoms with Crippen molar-refractivity contribution in [3.8, 4) is 0 Å². The van der Waals surface area contributed by atoms with Gasteiger partial charge < -0.3 is 10.2 Å². The lowest BCUT2D eigenvalue weighted by atomic mass is 10.2. The standard InChI is InChI=1S/C13H19ClN2O/c1-16(2)12-8-4-3-7-11(12)15-13(17)9-5-6-10-14/h3-4,7-8H,5-6,9-10H2,1-2H3,(H,15,17). The largest absolute Gasteiger partial charge is 0.376 e. The Balaban J connectivity index is 2.58. The summed E-state index contributed by atoms with van der Waals surface area (Å²) < 4.78 is 0. The van der Waals surface area contributed by atoms with Crippen molar-refractivity contribution in [3.63, 3.8) is 0 Å². The number of anilines is 2. The second kappa shape index (κ2) is 7.17. The van der Waals surface area contributed by atoms with Crippen molar-refractivity contribution in [2.75, 3.05) is 30.2 Å². The number of para-hydroxylation sites is 2. The Bertz CT molecular complexity index is 366. The predicted molar refractivity (Wildman–Crippen MR) is 74.0 cm³/mol. The average molecular weight is 255 g/mol. The molecule has 1 rings (SSSR count). The predicted octanol–water partition coefficient (Wildman–Crippen LogP) is 3.10. The van der Waals surface area contributed by atoms with Gasteiger partial charge in [-0.1, -0.05) is 12.1 Å². The summed E-state index contributed by atoms with van der Waals surface area (Å²) >= 11 is 5.57. The Morgan fingerprint density at radius 2 is 2.00 bits per heavy atom. The van der Waals surface area contributed by atoms with Gasteiger partial charge in [0.05, 0.1) is 11.4 Å². The van der Waals surface area contributed by atoms with Gasteiger partial charge >= 0.3 is 0 Å². The minimum absolute atomic E-state index is 0.0458. The SMILES string of the molecule is CN(C)c1ccccc1NC(=O)CCCCCl. The highest BCUT2D eigenvalue weighted by Gasteiger charge is 2.07. The van der Waals surface area contributed by atoms with Crippen LogP contribution >= 0.6 is 11.6 Å².